The van der Waals surface area contributed by atoms with E-state index in [-0.39, 0.29) is 11.7 Å². The first-order chi connectivity index (χ1) is 18.5. The van der Waals surface area contributed by atoms with Crippen molar-refractivity contribution >= 4 is 46.4 Å². The smallest absolute Gasteiger partial charge is 0.307 e. The van der Waals surface area contributed by atoms with Crippen molar-refractivity contribution in [1.29, 1.82) is 0 Å². The molecule has 4 N–H and O–H groups in total. The van der Waals surface area contributed by atoms with Crippen LogP contribution in [0.1, 0.15) is 15.9 Å². The Morgan fingerprint density at radius 3 is 2.03 bits per heavy atom. The van der Waals surface area contributed by atoms with Gasteiger partial charge in [-0.05, 0) is 42.0 Å². The maximum absolute atomic E-state index is 13.2. The van der Waals surface area contributed by atoms with E-state index in [1.807, 2.05) is 72.2 Å². The Hall–Kier alpha value is -4.79. The summed E-state index contributed by atoms with van der Waals surface area (Å²) < 4.78 is 0. The van der Waals surface area contributed by atoms with E-state index in [1.54, 1.807) is 48.5 Å². The fourth-order valence-electron chi connectivity index (χ4n) is 3.77. The molecular formula is C29H24ClN5O3. The Balaban J connectivity index is 0.000000257. The van der Waals surface area contributed by atoms with E-state index in [1.165, 1.54) is 5.01 Å². The van der Waals surface area contributed by atoms with Crippen LogP contribution in [0.5, 0.6) is 0 Å². The minimum absolute atomic E-state index is 0.316. The minimum Gasteiger partial charge on any atom is -0.307 e. The van der Waals surface area contributed by atoms with E-state index < -0.39 is 11.9 Å². The summed E-state index contributed by atoms with van der Waals surface area (Å²) in [7, 11) is 0. The van der Waals surface area contributed by atoms with Crippen LogP contribution in [0.4, 0.5) is 16.2 Å². The lowest BCUT2D eigenvalue weighted by Gasteiger charge is -2.14. The zero-order chi connectivity index (χ0) is 26.9. The number of benzene rings is 4. The van der Waals surface area contributed by atoms with Crippen molar-refractivity contribution in [2.24, 2.45) is 16.9 Å². The molecular weight excluding hydrogens is 502 g/mol. The third kappa shape index (κ3) is 6.31. The van der Waals surface area contributed by atoms with Crippen LogP contribution in [-0.2, 0) is 4.79 Å². The summed E-state index contributed by atoms with van der Waals surface area (Å²) in [4.78, 5) is 37.0. The van der Waals surface area contributed by atoms with E-state index in [2.05, 4.69) is 10.4 Å². The zero-order valence-corrected chi connectivity index (χ0v) is 20.9. The molecule has 4 aromatic rings. The molecule has 0 spiro atoms. The average Bonchev–Trinajstić information content (AvgIpc) is 3.31. The molecule has 0 aromatic heterocycles. The van der Waals surface area contributed by atoms with Crippen molar-refractivity contribution in [3.63, 3.8) is 0 Å². The molecule has 38 heavy (non-hydrogen) atoms. The van der Waals surface area contributed by atoms with Gasteiger partial charge in [-0.1, -0.05) is 90.5 Å². The number of nitrogens with zero attached hydrogens (tertiary/aromatic N) is 2. The Morgan fingerprint density at radius 2 is 1.42 bits per heavy atom. The van der Waals surface area contributed by atoms with Gasteiger partial charge in [-0.3, -0.25) is 15.0 Å². The lowest BCUT2D eigenvalue weighted by Crippen LogP contribution is -2.34. The predicted octanol–water partition coefficient (Wildman–Crippen LogP) is 5.27. The summed E-state index contributed by atoms with van der Waals surface area (Å²) in [6, 6.07) is 33.6. The summed E-state index contributed by atoms with van der Waals surface area (Å²) in [6.45, 7) is 0. The molecule has 0 fully saturated rings. The third-order valence-corrected chi connectivity index (χ3v) is 5.78. The van der Waals surface area contributed by atoms with Crippen molar-refractivity contribution in [3.8, 4) is 0 Å². The number of amides is 3. The van der Waals surface area contributed by atoms with Crippen molar-refractivity contribution < 1.29 is 14.4 Å². The number of anilines is 2. The Bertz CT molecular complexity index is 1450. The number of urea groups is 1. The molecule has 190 valence electrons. The van der Waals surface area contributed by atoms with Gasteiger partial charge in [0.05, 0.1) is 11.4 Å². The van der Waals surface area contributed by atoms with Crippen molar-refractivity contribution in [2.45, 2.75) is 0 Å². The average molecular weight is 526 g/mol. The highest BCUT2D eigenvalue weighted by Crippen LogP contribution is 2.29. The molecule has 1 unspecified atom stereocenters. The highest BCUT2D eigenvalue weighted by Gasteiger charge is 2.42. The first kappa shape index (κ1) is 26.3. The second kappa shape index (κ2) is 12.4. The zero-order valence-electron chi connectivity index (χ0n) is 20.1. The Morgan fingerprint density at radius 1 is 0.816 bits per heavy atom. The second-order valence-electron chi connectivity index (χ2n) is 8.11. The van der Waals surface area contributed by atoms with Crippen LogP contribution >= 0.6 is 11.6 Å². The molecule has 5 rings (SSSR count). The number of rotatable bonds is 5. The van der Waals surface area contributed by atoms with Crippen molar-refractivity contribution in [2.75, 3.05) is 10.3 Å². The molecule has 9 heteroatoms. The van der Waals surface area contributed by atoms with Gasteiger partial charge < -0.3 is 5.32 Å². The molecule has 1 aliphatic rings. The van der Waals surface area contributed by atoms with Gasteiger partial charge in [-0.2, -0.15) is 10.1 Å². The molecule has 1 heterocycles. The summed E-state index contributed by atoms with van der Waals surface area (Å²) in [5.41, 5.74) is 4.87. The lowest BCUT2D eigenvalue weighted by molar-refractivity contribution is -0.118. The number of hydrazine groups is 1. The van der Waals surface area contributed by atoms with Crippen LogP contribution in [0, 0.1) is 5.92 Å². The van der Waals surface area contributed by atoms with Gasteiger partial charge in [0.15, 0.2) is 5.78 Å². The van der Waals surface area contributed by atoms with Gasteiger partial charge in [0.2, 0.25) is 0 Å². The lowest BCUT2D eigenvalue weighted by atomic mass is 9.89. The van der Waals surface area contributed by atoms with Crippen molar-refractivity contribution in [3.05, 3.63) is 131 Å². The quantitative estimate of drug-likeness (QED) is 0.108. The fourth-order valence-corrected chi connectivity index (χ4v) is 3.97. The van der Waals surface area contributed by atoms with Crippen LogP contribution in [0.3, 0.4) is 0 Å². The minimum atomic E-state index is -1.01. The number of halogens is 1. The number of carbonyl (C=O) groups excluding carboxylic acids is 3. The highest BCUT2D eigenvalue weighted by molar-refractivity contribution is 6.35. The largest absolute Gasteiger partial charge is 0.333 e. The summed E-state index contributed by atoms with van der Waals surface area (Å²) >= 11 is 6.03. The summed E-state index contributed by atoms with van der Waals surface area (Å²) in [5, 5.41) is 8.77. The Kier molecular flexibility index (Phi) is 8.61. The number of nitrogens with one attached hydrogen (secondary N) is 2. The topological polar surface area (TPSA) is 117 Å². The summed E-state index contributed by atoms with van der Waals surface area (Å²) in [5.74, 6) is 3.16. The molecule has 4 aromatic carbocycles. The number of nitrogens with two attached hydrogens (primary N) is 1. The molecule has 0 radical (unpaired) electrons. The maximum atomic E-state index is 13.2. The number of hydrogen-bond donors (Lipinski definition) is 3. The van der Waals surface area contributed by atoms with Gasteiger partial charge in [0.1, 0.15) is 5.92 Å². The van der Waals surface area contributed by atoms with Crippen LogP contribution in [0.15, 0.2) is 120 Å². The van der Waals surface area contributed by atoms with E-state index in [0.717, 1.165) is 11.3 Å². The molecule has 0 saturated heterocycles. The number of Topliss-reactive ketones (excluding diaryl/α,β-unsaturated/α-hetero) is 1. The molecule has 0 saturated carbocycles. The molecule has 1 aliphatic heterocycles. The van der Waals surface area contributed by atoms with Crippen LogP contribution < -0.4 is 21.6 Å². The number of carbonyl (C=O) groups is 3. The van der Waals surface area contributed by atoms with Crippen molar-refractivity contribution in [1.82, 2.24) is 5.43 Å². The number of hydrogen-bond acceptors (Lipinski definition) is 5. The third-order valence-electron chi connectivity index (χ3n) is 5.54. The fraction of sp³-hybridized carbons (Fsp3) is 0.0345. The van der Waals surface area contributed by atoms with E-state index >= 15 is 0 Å². The van der Waals surface area contributed by atoms with Gasteiger partial charge in [-0.15, -0.1) is 0 Å². The first-order valence-corrected chi connectivity index (χ1v) is 12.0. The summed E-state index contributed by atoms with van der Waals surface area (Å²) in [6.07, 6.45) is 0. The normalized spacial score (nSPS) is 14.2. The number of para-hydroxylation sites is 2. The molecule has 8 nitrogen and oxygen atoms in total. The number of ketones is 1. The van der Waals surface area contributed by atoms with Gasteiger partial charge >= 0.3 is 6.03 Å². The van der Waals surface area contributed by atoms with Gasteiger partial charge in [0.25, 0.3) is 5.91 Å². The Labute approximate surface area is 224 Å². The maximum Gasteiger partial charge on any atom is 0.333 e. The first-order valence-electron chi connectivity index (χ1n) is 11.6. The molecule has 0 aliphatic carbocycles. The molecule has 0 bridgehead atoms. The van der Waals surface area contributed by atoms with E-state index in [0.29, 0.717) is 22.0 Å². The van der Waals surface area contributed by atoms with Gasteiger partial charge in [-0.25, -0.2) is 10.6 Å². The van der Waals surface area contributed by atoms with Crippen LogP contribution in [0.2, 0.25) is 5.02 Å². The SMILES string of the molecule is NNC(=O)Nc1ccccc1.O=C(c1cccc(Cl)c1)C1C(=O)N(c2ccccc2)N=C1c1ccccc1. The number of hydrazone groups is 1. The second-order valence-corrected chi connectivity index (χ2v) is 8.55. The molecule has 1 atom stereocenters. The monoisotopic (exact) mass is 525 g/mol. The highest BCUT2D eigenvalue weighted by atomic mass is 35.5. The predicted molar refractivity (Wildman–Crippen MR) is 149 cm³/mol. The van der Waals surface area contributed by atoms with Crippen LogP contribution in [-0.4, -0.2) is 23.4 Å². The standard InChI is InChI=1S/C22H15ClN2O2.C7H9N3O/c23-17-11-7-10-16(14-17)21(26)19-20(15-8-3-1-4-9-15)24-25(22(19)27)18-12-5-2-6-13-18;8-10-7(11)9-6-4-2-1-3-5-6/h1-14,19H;1-5H,8H2,(H2,9,10,11). The van der Waals surface area contributed by atoms with Crippen LogP contribution in [0.25, 0.3) is 0 Å². The van der Waals surface area contributed by atoms with Gasteiger partial charge in [0, 0.05) is 16.3 Å². The van der Waals surface area contributed by atoms with E-state index in [4.69, 9.17) is 17.4 Å². The van der Waals surface area contributed by atoms with E-state index in [9.17, 15) is 14.4 Å². The molecule has 3 amide bonds.